The van der Waals surface area contributed by atoms with Gasteiger partial charge in [0, 0.05) is 24.7 Å². The molecule has 2 amide bonds. The molecule has 0 saturated carbocycles. The predicted octanol–water partition coefficient (Wildman–Crippen LogP) is 3.00. The Balaban J connectivity index is 2.43. The first-order chi connectivity index (χ1) is 16.3. The largest absolute Gasteiger partial charge is 0.352 e. The standard InChI is InChI=1S/C24H32N4O6S/c1-6-18(3)25-24(30)19(4)26(15-20-10-7-9-17(2)13-20)23(29)16-27(35(5,33)34)21-11-8-12-22(14-21)28(31)32/h7-14,18-19H,6,15-16H2,1-5H3,(H,25,30). The van der Waals surface area contributed by atoms with Gasteiger partial charge in [0.05, 0.1) is 16.9 Å². The zero-order valence-corrected chi connectivity index (χ0v) is 21.4. The maximum atomic E-state index is 13.5. The average Bonchev–Trinajstić information content (AvgIpc) is 2.79. The topological polar surface area (TPSA) is 130 Å². The van der Waals surface area contributed by atoms with E-state index in [0.717, 1.165) is 27.8 Å². The fourth-order valence-electron chi connectivity index (χ4n) is 3.43. The lowest BCUT2D eigenvalue weighted by molar-refractivity contribution is -0.384. The Morgan fingerprint density at radius 3 is 2.34 bits per heavy atom. The Hall–Kier alpha value is -3.47. The van der Waals surface area contributed by atoms with E-state index in [1.807, 2.05) is 45.0 Å². The van der Waals surface area contributed by atoms with Crippen molar-refractivity contribution >= 4 is 33.2 Å². The van der Waals surface area contributed by atoms with Gasteiger partial charge >= 0.3 is 0 Å². The van der Waals surface area contributed by atoms with Crippen LogP contribution >= 0.6 is 0 Å². The Labute approximate surface area is 206 Å². The number of nitro benzene ring substituents is 1. The fourth-order valence-corrected chi connectivity index (χ4v) is 4.27. The highest BCUT2D eigenvalue weighted by atomic mass is 32.2. The molecule has 190 valence electrons. The van der Waals surface area contributed by atoms with E-state index in [1.165, 1.54) is 23.1 Å². The lowest BCUT2D eigenvalue weighted by atomic mass is 10.1. The number of nitrogens with one attached hydrogen (secondary N) is 1. The summed E-state index contributed by atoms with van der Waals surface area (Å²) in [6, 6.07) is 11.5. The lowest BCUT2D eigenvalue weighted by Gasteiger charge is -2.32. The molecular weight excluding hydrogens is 472 g/mol. The van der Waals surface area contributed by atoms with E-state index in [1.54, 1.807) is 6.92 Å². The molecule has 0 heterocycles. The van der Waals surface area contributed by atoms with Gasteiger partial charge in [0.15, 0.2) is 0 Å². The van der Waals surface area contributed by atoms with E-state index in [9.17, 15) is 28.1 Å². The van der Waals surface area contributed by atoms with E-state index in [0.29, 0.717) is 6.42 Å². The average molecular weight is 505 g/mol. The number of amides is 2. The first-order valence-corrected chi connectivity index (χ1v) is 13.1. The third-order valence-electron chi connectivity index (χ3n) is 5.61. The second-order valence-electron chi connectivity index (χ2n) is 8.55. The smallest absolute Gasteiger partial charge is 0.271 e. The van der Waals surface area contributed by atoms with Gasteiger partial charge in [-0.15, -0.1) is 0 Å². The fraction of sp³-hybridized carbons (Fsp3) is 0.417. The van der Waals surface area contributed by atoms with Crippen molar-refractivity contribution in [2.75, 3.05) is 17.1 Å². The number of carbonyl (C=O) groups is 2. The van der Waals surface area contributed by atoms with Crippen molar-refractivity contribution in [3.63, 3.8) is 0 Å². The van der Waals surface area contributed by atoms with Gasteiger partial charge in [0.25, 0.3) is 5.69 Å². The quantitative estimate of drug-likeness (QED) is 0.370. The van der Waals surface area contributed by atoms with Gasteiger partial charge in [-0.2, -0.15) is 0 Å². The van der Waals surface area contributed by atoms with Gasteiger partial charge in [-0.3, -0.25) is 24.0 Å². The number of hydrogen-bond acceptors (Lipinski definition) is 6. The van der Waals surface area contributed by atoms with Crippen LogP contribution in [0.25, 0.3) is 0 Å². The maximum Gasteiger partial charge on any atom is 0.271 e. The third-order valence-corrected chi connectivity index (χ3v) is 6.75. The number of hydrogen-bond donors (Lipinski definition) is 1. The molecular formula is C24H32N4O6S. The second-order valence-corrected chi connectivity index (χ2v) is 10.5. The van der Waals surface area contributed by atoms with Crippen LogP contribution in [0.3, 0.4) is 0 Å². The monoisotopic (exact) mass is 504 g/mol. The number of rotatable bonds is 11. The van der Waals surface area contributed by atoms with E-state index in [-0.39, 0.29) is 29.9 Å². The Bertz CT molecular complexity index is 1180. The van der Waals surface area contributed by atoms with Crippen molar-refractivity contribution in [1.29, 1.82) is 0 Å². The minimum absolute atomic E-state index is 0.0118. The number of carbonyl (C=O) groups excluding carboxylic acids is 2. The maximum absolute atomic E-state index is 13.5. The normalized spacial score (nSPS) is 12.9. The van der Waals surface area contributed by atoms with Crippen LogP contribution in [-0.4, -0.2) is 54.9 Å². The van der Waals surface area contributed by atoms with E-state index >= 15 is 0 Å². The summed E-state index contributed by atoms with van der Waals surface area (Å²) in [6.07, 6.45) is 1.63. The molecule has 0 aromatic heterocycles. The minimum atomic E-state index is -3.97. The van der Waals surface area contributed by atoms with Crippen LogP contribution in [0.15, 0.2) is 48.5 Å². The first-order valence-electron chi connectivity index (χ1n) is 11.2. The van der Waals surface area contributed by atoms with Crippen LogP contribution in [0.5, 0.6) is 0 Å². The van der Waals surface area contributed by atoms with Crippen LogP contribution in [0.4, 0.5) is 11.4 Å². The van der Waals surface area contributed by atoms with Gasteiger partial charge in [0.1, 0.15) is 12.6 Å². The SMILES string of the molecule is CCC(C)NC(=O)C(C)N(Cc1cccc(C)c1)C(=O)CN(c1cccc([N+](=O)[O-])c1)S(C)(=O)=O. The summed E-state index contributed by atoms with van der Waals surface area (Å²) in [6.45, 7) is 6.74. The summed E-state index contributed by atoms with van der Waals surface area (Å²) < 4.78 is 25.9. The number of sulfonamides is 1. The zero-order chi connectivity index (χ0) is 26.3. The molecule has 0 radical (unpaired) electrons. The summed E-state index contributed by atoms with van der Waals surface area (Å²) >= 11 is 0. The van der Waals surface area contributed by atoms with E-state index in [4.69, 9.17) is 0 Å². The Kier molecular flexibility index (Phi) is 9.35. The molecule has 0 fully saturated rings. The molecule has 0 aliphatic carbocycles. The molecule has 1 N–H and O–H groups in total. The van der Waals surface area contributed by atoms with Gasteiger partial charge in [-0.25, -0.2) is 8.42 Å². The molecule has 0 bridgehead atoms. The molecule has 2 aromatic rings. The molecule has 11 heteroatoms. The van der Waals surface area contributed by atoms with Crippen LogP contribution in [0.2, 0.25) is 0 Å². The molecule has 10 nitrogen and oxygen atoms in total. The molecule has 2 atom stereocenters. The molecule has 0 aliphatic rings. The van der Waals surface area contributed by atoms with Crippen molar-refractivity contribution in [1.82, 2.24) is 10.2 Å². The number of non-ortho nitro benzene ring substituents is 1. The molecule has 0 saturated heterocycles. The molecule has 2 unspecified atom stereocenters. The first kappa shape index (κ1) is 27.8. The van der Waals surface area contributed by atoms with Gasteiger partial charge in [0.2, 0.25) is 21.8 Å². The summed E-state index contributed by atoms with van der Waals surface area (Å²) in [4.78, 5) is 38.2. The van der Waals surface area contributed by atoms with Crippen LogP contribution < -0.4 is 9.62 Å². The molecule has 2 aromatic carbocycles. The number of aryl methyl sites for hydroxylation is 1. The minimum Gasteiger partial charge on any atom is -0.352 e. The van der Waals surface area contributed by atoms with Gasteiger partial charge in [-0.05, 0) is 38.8 Å². The van der Waals surface area contributed by atoms with Crippen molar-refractivity contribution in [3.05, 3.63) is 69.8 Å². The summed E-state index contributed by atoms with van der Waals surface area (Å²) in [7, 11) is -3.97. The highest BCUT2D eigenvalue weighted by Gasteiger charge is 2.31. The van der Waals surface area contributed by atoms with Crippen LogP contribution in [0.1, 0.15) is 38.3 Å². The number of nitrogens with zero attached hydrogens (tertiary/aromatic N) is 3. The van der Waals surface area contributed by atoms with Crippen LogP contribution in [0, 0.1) is 17.0 Å². The number of anilines is 1. The Morgan fingerprint density at radius 2 is 1.77 bits per heavy atom. The highest BCUT2D eigenvalue weighted by Crippen LogP contribution is 2.24. The Morgan fingerprint density at radius 1 is 1.11 bits per heavy atom. The number of nitro groups is 1. The van der Waals surface area contributed by atoms with Crippen molar-refractivity contribution in [3.8, 4) is 0 Å². The third kappa shape index (κ3) is 7.78. The van der Waals surface area contributed by atoms with Gasteiger partial charge in [-0.1, -0.05) is 42.8 Å². The van der Waals surface area contributed by atoms with Crippen molar-refractivity contribution < 1.29 is 22.9 Å². The molecule has 35 heavy (non-hydrogen) atoms. The second kappa shape index (κ2) is 11.8. The summed E-state index contributed by atoms with van der Waals surface area (Å²) in [5.41, 5.74) is 1.44. The molecule has 0 aliphatic heterocycles. The highest BCUT2D eigenvalue weighted by molar-refractivity contribution is 7.92. The van der Waals surface area contributed by atoms with Crippen LogP contribution in [-0.2, 0) is 26.2 Å². The molecule has 0 spiro atoms. The summed E-state index contributed by atoms with van der Waals surface area (Å²) in [5.74, 6) is -0.975. The number of benzene rings is 2. The lowest BCUT2D eigenvalue weighted by Crippen LogP contribution is -2.52. The van der Waals surface area contributed by atoms with E-state index in [2.05, 4.69) is 5.32 Å². The van der Waals surface area contributed by atoms with E-state index < -0.39 is 33.4 Å². The zero-order valence-electron chi connectivity index (χ0n) is 20.6. The summed E-state index contributed by atoms with van der Waals surface area (Å²) in [5, 5.41) is 14.0. The van der Waals surface area contributed by atoms with Crippen molar-refractivity contribution in [2.45, 2.75) is 52.7 Å². The molecule has 2 rings (SSSR count). The van der Waals surface area contributed by atoms with Crippen molar-refractivity contribution in [2.24, 2.45) is 0 Å². The predicted molar refractivity (Wildman–Crippen MR) is 134 cm³/mol. The van der Waals surface area contributed by atoms with Gasteiger partial charge < -0.3 is 10.2 Å².